The number of carbonyl (C=O) groups excluding carboxylic acids is 1. The van der Waals surface area contributed by atoms with Crippen LogP contribution in [0.5, 0.6) is 0 Å². The molecule has 1 aromatic carbocycles. The molecule has 0 atom stereocenters. The standard InChI is InChI=1S/C14H23N3O/c1-11-5-7-12(8-6-11)16-13(18)9-17(4)14(2,3)10-15/h5-8H,9-10,15H2,1-4H3,(H,16,18). The minimum Gasteiger partial charge on any atom is -0.329 e. The summed E-state index contributed by atoms with van der Waals surface area (Å²) in [6, 6.07) is 7.76. The number of hydrogen-bond donors (Lipinski definition) is 2. The van der Waals surface area contributed by atoms with E-state index in [1.54, 1.807) is 0 Å². The lowest BCUT2D eigenvalue weighted by molar-refractivity contribution is -0.118. The maximum Gasteiger partial charge on any atom is 0.238 e. The maximum atomic E-state index is 11.9. The first-order valence-electron chi connectivity index (χ1n) is 6.13. The predicted octanol–water partition coefficient (Wildman–Crippen LogP) is 1.60. The van der Waals surface area contributed by atoms with E-state index in [4.69, 9.17) is 5.73 Å². The fourth-order valence-corrected chi connectivity index (χ4v) is 1.42. The molecule has 18 heavy (non-hydrogen) atoms. The van der Waals surface area contributed by atoms with Gasteiger partial charge in [0.1, 0.15) is 0 Å². The SMILES string of the molecule is Cc1ccc(NC(=O)CN(C)C(C)(C)CN)cc1. The summed E-state index contributed by atoms with van der Waals surface area (Å²) >= 11 is 0. The van der Waals surface area contributed by atoms with Crippen molar-refractivity contribution in [2.24, 2.45) is 5.73 Å². The van der Waals surface area contributed by atoms with Crippen molar-refractivity contribution in [2.75, 3.05) is 25.5 Å². The third kappa shape index (κ3) is 4.13. The van der Waals surface area contributed by atoms with Gasteiger partial charge in [0.05, 0.1) is 6.54 Å². The van der Waals surface area contributed by atoms with Crippen molar-refractivity contribution < 1.29 is 4.79 Å². The van der Waals surface area contributed by atoms with Gasteiger partial charge in [0.2, 0.25) is 5.91 Å². The van der Waals surface area contributed by atoms with E-state index in [0.29, 0.717) is 13.1 Å². The molecule has 0 fully saturated rings. The summed E-state index contributed by atoms with van der Waals surface area (Å²) < 4.78 is 0. The quantitative estimate of drug-likeness (QED) is 0.833. The number of hydrogen-bond acceptors (Lipinski definition) is 3. The molecule has 0 radical (unpaired) electrons. The highest BCUT2D eigenvalue weighted by atomic mass is 16.2. The van der Waals surface area contributed by atoms with Crippen molar-refractivity contribution in [2.45, 2.75) is 26.3 Å². The Hall–Kier alpha value is -1.39. The smallest absolute Gasteiger partial charge is 0.238 e. The minimum atomic E-state index is -0.176. The number of nitrogens with two attached hydrogens (primary N) is 1. The highest BCUT2D eigenvalue weighted by molar-refractivity contribution is 5.92. The van der Waals surface area contributed by atoms with Gasteiger partial charge in [-0.1, -0.05) is 17.7 Å². The van der Waals surface area contributed by atoms with E-state index in [9.17, 15) is 4.79 Å². The van der Waals surface area contributed by atoms with Gasteiger partial charge in [-0.05, 0) is 40.0 Å². The average Bonchev–Trinajstić information content (AvgIpc) is 2.32. The Morgan fingerprint density at radius 2 is 1.89 bits per heavy atom. The van der Waals surface area contributed by atoms with Crippen molar-refractivity contribution in [1.82, 2.24) is 4.90 Å². The second-order valence-electron chi connectivity index (χ2n) is 5.29. The lowest BCUT2D eigenvalue weighted by Gasteiger charge is -2.33. The lowest BCUT2D eigenvalue weighted by Crippen LogP contribution is -2.49. The molecule has 0 saturated carbocycles. The number of nitrogens with zero attached hydrogens (tertiary/aromatic N) is 1. The van der Waals surface area contributed by atoms with Crippen LogP contribution in [0.4, 0.5) is 5.69 Å². The zero-order chi connectivity index (χ0) is 13.8. The van der Waals surface area contributed by atoms with E-state index in [0.717, 1.165) is 5.69 Å². The molecule has 4 heteroatoms. The number of benzene rings is 1. The van der Waals surface area contributed by atoms with Crippen LogP contribution in [0.3, 0.4) is 0 Å². The van der Waals surface area contributed by atoms with Crippen LogP contribution in [-0.4, -0.2) is 36.5 Å². The van der Waals surface area contributed by atoms with Crippen LogP contribution in [0.2, 0.25) is 0 Å². The van der Waals surface area contributed by atoms with E-state index in [1.807, 2.05) is 57.0 Å². The molecule has 0 aliphatic carbocycles. The first-order valence-corrected chi connectivity index (χ1v) is 6.13. The van der Waals surface area contributed by atoms with Gasteiger partial charge in [-0.3, -0.25) is 9.69 Å². The first kappa shape index (κ1) is 14.7. The number of likely N-dealkylation sites (N-methyl/N-ethyl adjacent to an activating group) is 1. The molecule has 0 bridgehead atoms. The van der Waals surface area contributed by atoms with Gasteiger partial charge in [0.25, 0.3) is 0 Å². The monoisotopic (exact) mass is 249 g/mol. The summed E-state index contributed by atoms with van der Waals surface area (Å²) in [4.78, 5) is 13.8. The molecule has 1 rings (SSSR count). The third-order valence-corrected chi connectivity index (χ3v) is 3.25. The summed E-state index contributed by atoms with van der Waals surface area (Å²) in [6.07, 6.45) is 0. The van der Waals surface area contributed by atoms with Crippen molar-refractivity contribution in [1.29, 1.82) is 0 Å². The molecule has 4 nitrogen and oxygen atoms in total. The number of aryl methyl sites for hydroxylation is 1. The lowest BCUT2D eigenvalue weighted by atomic mass is 10.0. The Morgan fingerprint density at radius 3 is 2.39 bits per heavy atom. The van der Waals surface area contributed by atoms with E-state index >= 15 is 0 Å². The maximum absolute atomic E-state index is 11.9. The summed E-state index contributed by atoms with van der Waals surface area (Å²) in [6.45, 7) is 6.90. The largest absolute Gasteiger partial charge is 0.329 e. The average molecular weight is 249 g/mol. The molecule has 0 heterocycles. The zero-order valence-electron chi connectivity index (χ0n) is 11.7. The second kappa shape index (κ2) is 5.98. The molecule has 0 aliphatic heterocycles. The van der Waals surface area contributed by atoms with Crippen molar-refractivity contribution >= 4 is 11.6 Å². The van der Waals surface area contributed by atoms with Crippen LogP contribution >= 0.6 is 0 Å². The van der Waals surface area contributed by atoms with Crippen molar-refractivity contribution in [3.63, 3.8) is 0 Å². The molecule has 0 unspecified atom stereocenters. The molecule has 3 N–H and O–H groups in total. The Kier molecular flexibility index (Phi) is 4.87. The van der Waals surface area contributed by atoms with Crippen molar-refractivity contribution in [3.05, 3.63) is 29.8 Å². The fourth-order valence-electron chi connectivity index (χ4n) is 1.42. The van der Waals surface area contributed by atoms with Crippen LogP contribution in [0.25, 0.3) is 0 Å². The van der Waals surface area contributed by atoms with Crippen LogP contribution in [0.1, 0.15) is 19.4 Å². The molecular weight excluding hydrogens is 226 g/mol. The Morgan fingerprint density at radius 1 is 1.33 bits per heavy atom. The van der Waals surface area contributed by atoms with Crippen LogP contribution in [0.15, 0.2) is 24.3 Å². The summed E-state index contributed by atoms with van der Waals surface area (Å²) in [5.74, 6) is -0.0251. The third-order valence-electron chi connectivity index (χ3n) is 3.25. The number of anilines is 1. The summed E-state index contributed by atoms with van der Waals surface area (Å²) in [5, 5.41) is 2.87. The molecule has 1 aromatic rings. The van der Waals surface area contributed by atoms with E-state index in [2.05, 4.69) is 5.32 Å². The predicted molar refractivity (Wildman–Crippen MR) is 75.6 cm³/mol. The van der Waals surface area contributed by atoms with Gasteiger partial charge in [-0.25, -0.2) is 0 Å². The number of nitrogens with one attached hydrogen (secondary N) is 1. The van der Waals surface area contributed by atoms with Gasteiger partial charge in [-0.2, -0.15) is 0 Å². The minimum absolute atomic E-state index is 0.0251. The fraction of sp³-hybridized carbons (Fsp3) is 0.500. The van der Waals surface area contributed by atoms with E-state index in [-0.39, 0.29) is 11.4 Å². The molecule has 1 amide bonds. The highest BCUT2D eigenvalue weighted by Gasteiger charge is 2.23. The summed E-state index contributed by atoms with van der Waals surface area (Å²) in [5.41, 5.74) is 7.50. The van der Waals surface area contributed by atoms with Gasteiger partial charge < -0.3 is 11.1 Å². The molecule has 0 aliphatic rings. The van der Waals surface area contributed by atoms with E-state index in [1.165, 1.54) is 5.56 Å². The number of amides is 1. The molecule has 0 spiro atoms. The molecule has 100 valence electrons. The van der Waals surface area contributed by atoms with Crippen molar-refractivity contribution in [3.8, 4) is 0 Å². The van der Waals surface area contributed by atoms with E-state index < -0.39 is 0 Å². The van der Waals surface area contributed by atoms with Crippen LogP contribution in [-0.2, 0) is 4.79 Å². The summed E-state index contributed by atoms with van der Waals surface area (Å²) in [7, 11) is 1.90. The normalized spacial score (nSPS) is 11.7. The van der Waals surface area contributed by atoms with Gasteiger partial charge in [-0.15, -0.1) is 0 Å². The van der Waals surface area contributed by atoms with Gasteiger partial charge in [0.15, 0.2) is 0 Å². The molecular formula is C14H23N3O. The number of rotatable bonds is 5. The Balaban J connectivity index is 2.54. The van der Waals surface area contributed by atoms with Crippen LogP contribution < -0.4 is 11.1 Å². The zero-order valence-corrected chi connectivity index (χ0v) is 11.7. The van der Waals surface area contributed by atoms with Gasteiger partial charge >= 0.3 is 0 Å². The van der Waals surface area contributed by atoms with Gasteiger partial charge in [0, 0.05) is 17.8 Å². The second-order valence-corrected chi connectivity index (χ2v) is 5.29. The molecule has 0 aromatic heterocycles. The Bertz CT molecular complexity index is 398. The molecule has 0 saturated heterocycles. The highest BCUT2D eigenvalue weighted by Crippen LogP contribution is 2.11. The first-order chi connectivity index (χ1) is 8.35. The number of carbonyl (C=O) groups is 1. The topological polar surface area (TPSA) is 58.4 Å². The van der Waals surface area contributed by atoms with Crippen LogP contribution in [0, 0.1) is 6.92 Å². The Labute approximate surface area is 109 Å².